The first-order valence-electron chi connectivity index (χ1n) is 7.75. The predicted molar refractivity (Wildman–Crippen MR) is 79.3 cm³/mol. The average molecular weight is 302 g/mol. The molecule has 6 heteroatoms. The van der Waals surface area contributed by atoms with Gasteiger partial charge in [-0.1, -0.05) is 13.3 Å². The maximum atomic E-state index is 12.7. The van der Waals surface area contributed by atoms with Crippen molar-refractivity contribution in [3.8, 4) is 0 Å². The van der Waals surface area contributed by atoms with Crippen molar-refractivity contribution in [1.82, 2.24) is 10.2 Å². The summed E-state index contributed by atoms with van der Waals surface area (Å²) >= 11 is 0. The lowest BCUT2D eigenvalue weighted by atomic mass is 9.97. The van der Waals surface area contributed by atoms with Crippen LogP contribution in [0.15, 0.2) is 0 Å². The molecule has 2 aliphatic heterocycles. The number of hydrogen-bond acceptors (Lipinski definition) is 4. The van der Waals surface area contributed by atoms with E-state index in [0.29, 0.717) is 13.0 Å². The van der Waals surface area contributed by atoms with Gasteiger partial charge in [0.25, 0.3) is 0 Å². The van der Waals surface area contributed by atoms with E-state index in [4.69, 9.17) is 0 Å². The highest BCUT2D eigenvalue weighted by molar-refractivity contribution is 7.91. The molecule has 0 aromatic rings. The molecule has 0 aliphatic carbocycles. The Morgan fingerprint density at radius 3 is 2.70 bits per heavy atom. The van der Waals surface area contributed by atoms with Gasteiger partial charge in [-0.25, -0.2) is 8.42 Å². The van der Waals surface area contributed by atoms with Crippen LogP contribution in [0, 0.1) is 5.92 Å². The van der Waals surface area contributed by atoms with Crippen LogP contribution < -0.4 is 5.32 Å². The van der Waals surface area contributed by atoms with E-state index in [9.17, 15) is 13.2 Å². The first-order valence-corrected chi connectivity index (χ1v) is 9.57. The fourth-order valence-corrected chi connectivity index (χ4v) is 4.85. The van der Waals surface area contributed by atoms with Crippen LogP contribution in [0.4, 0.5) is 0 Å². The van der Waals surface area contributed by atoms with E-state index in [1.54, 1.807) is 0 Å². The van der Waals surface area contributed by atoms with Gasteiger partial charge in [0.1, 0.15) is 0 Å². The highest BCUT2D eigenvalue weighted by Gasteiger charge is 2.36. The topological polar surface area (TPSA) is 66.5 Å². The lowest BCUT2D eigenvalue weighted by molar-refractivity contribution is -0.138. The summed E-state index contributed by atoms with van der Waals surface area (Å²) in [6.07, 6.45) is 4.53. The maximum absolute atomic E-state index is 12.7. The molecule has 1 amide bonds. The second-order valence-electron chi connectivity index (χ2n) is 5.99. The fourth-order valence-electron chi connectivity index (χ4n) is 3.12. The van der Waals surface area contributed by atoms with E-state index >= 15 is 0 Å². The van der Waals surface area contributed by atoms with Gasteiger partial charge in [0, 0.05) is 19.1 Å². The third-order valence-corrected chi connectivity index (χ3v) is 6.08. The molecule has 2 heterocycles. The number of nitrogens with zero attached hydrogens (tertiary/aromatic N) is 1. The van der Waals surface area contributed by atoms with Gasteiger partial charge in [-0.2, -0.15) is 0 Å². The third-order valence-electron chi connectivity index (χ3n) is 4.33. The van der Waals surface area contributed by atoms with Crippen molar-refractivity contribution in [2.45, 2.75) is 45.1 Å². The van der Waals surface area contributed by atoms with Gasteiger partial charge in [-0.05, 0) is 32.2 Å². The van der Waals surface area contributed by atoms with Crippen LogP contribution >= 0.6 is 0 Å². The molecule has 2 rings (SSSR count). The molecule has 0 aromatic carbocycles. The molecule has 2 aliphatic rings. The van der Waals surface area contributed by atoms with Gasteiger partial charge in [-0.3, -0.25) is 4.79 Å². The van der Waals surface area contributed by atoms with E-state index in [-0.39, 0.29) is 29.4 Å². The Kier molecular flexibility index (Phi) is 5.43. The molecule has 5 nitrogen and oxygen atoms in total. The summed E-state index contributed by atoms with van der Waals surface area (Å²) in [7, 11) is -2.94. The predicted octanol–water partition coefficient (Wildman–Crippen LogP) is 0.802. The summed E-state index contributed by atoms with van der Waals surface area (Å²) in [6, 6.07) is -0.0963. The largest absolute Gasteiger partial charge is 0.338 e. The van der Waals surface area contributed by atoms with Crippen LogP contribution in [-0.2, 0) is 14.6 Å². The summed E-state index contributed by atoms with van der Waals surface area (Å²) < 4.78 is 23.3. The number of carbonyl (C=O) groups is 1. The average Bonchev–Trinajstić information content (AvgIpc) is 2.80. The second-order valence-corrected chi connectivity index (χ2v) is 8.21. The maximum Gasteiger partial charge on any atom is 0.227 e. The second kappa shape index (κ2) is 6.89. The van der Waals surface area contributed by atoms with Crippen molar-refractivity contribution >= 4 is 15.7 Å². The normalized spacial score (nSPS) is 29.2. The molecule has 116 valence electrons. The van der Waals surface area contributed by atoms with Gasteiger partial charge >= 0.3 is 0 Å². The van der Waals surface area contributed by atoms with Crippen molar-refractivity contribution in [2.75, 3.05) is 31.1 Å². The molecule has 2 fully saturated rings. The molecular formula is C14H26N2O3S. The van der Waals surface area contributed by atoms with E-state index in [0.717, 1.165) is 38.8 Å². The first-order chi connectivity index (χ1) is 9.53. The molecule has 1 N–H and O–H groups in total. The molecule has 2 saturated heterocycles. The standard InChI is InChI=1S/C14H26N2O3S/c1-2-3-8-16(13-6-9-20(18,19)11-13)14(17)12-5-4-7-15-10-12/h12-13,15H,2-11H2,1H3/t12-,13?/m0/s1. The van der Waals surface area contributed by atoms with Gasteiger partial charge < -0.3 is 10.2 Å². The molecule has 0 saturated carbocycles. The number of piperidine rings is 1. The highest BCUT2D eigenvalue weighted by Crippen LogP contribution is 2.22. The number of sulfone groups is 1. The summed E-state index contributed by atoms with van der Waals surface area (Å²) in [4.78, 5) is 14.6. The van der Waals surface area contributed by atoms with Crippen LogP contribution in [0.3, 0.4) is 0 Å². The van der Waals surface area contributed by atoms with Crippen LogP contribution in [0.2, 0.25) is 0 Å². The minimum absolute atomic E-state index is 0.0314. The fraction of sp³-hybridized carbons (Fsp3) is 0.929. The zero-order valence-corrected chi connectivity index (χ0v) is 13.1. The molecule has 0 aromatic heterocycles. The van der Waals surface area contributed by atoms with Crippen LogP contribution in [0.25, 0.3) is 0 Å². The van der Waals surface area contributed by atoms with Crippen molar-refractivity contribution in [1.29, 1.82) is 0 Å². The van der Waals surface area contributed by atoms with E-state index < -0.39 is 9.84 Å². The number of carbonyl (C=O) groups excluding carboxylic acids is 1. The van der Waals surface area contributed by atoms with Gasteiger partial charge in [0.15, 0.2) is 9.84 Å². The Morgan fingerprint density at radius 2 is 2.15 bits per heavy atom. The Labute approximate surface area is 122 Å². The Morgan fingerprint density at radius 1 is 1.35 bits per heavy atom. The number of nitrogens with one attached hydrogen (secondary N) is 1. The summed E-state index contributed by atoms with van der Waals surface area (Å²) in [5.74, 6) is 0.579. The van der Waals surface area contributed by atoms with Crippen LogP contribution in [0.5, 0.6) is 0 Å². The number of amides is 1. The van der Waals surface area contributed by atoms with Gasteiger partial charge in [0.05, 0.1) is 17.4 Å². The molecule has 0 bridgehead atoms. The number of rotatable bonds is 5. The summed E-state index contributed by atoms with van der Waals surface area (Å²) in [6.45, 7) is 4.51. The highest BCUT2D eigenvalue weighted by atomic mass is 32.2. The molecular weight excluding hydrogens is 276 g/mol. The molecule has 0 spiro atoms. The lowest BCUT2D eigenvalue weighted by Crippen LogP contribution is -2.48. The molecule has 20 heavy (non-hydrogen) atoms. The van der Waals surface area contributed by atoms with E-state index in [1.165, 1.54) is 0 Å². The molecule has 2 atom stereocenters. The molecule has 1 unspecified atom stereocenters. The van der Waals surface area contributed by atoms with Crippen LogP contribution in [-0.4, -0.2) is 56.4 Å². The number of unbranched alkanes of at least 4 members (excludes halogenated alkanes) is 1. The Bertz CT molecular complexity index is 430. The smallest absolute Gasteiger partial charge is 0.227 e. The van der Waals surface area contributed by atoms with Crippen molar-refractivity contribution in [3.05, 3.63) is 0 Å². The van der Waals surface area contributed by atoms with Gasteiger partial charge in [-0.15, -0.1) is 0 Å². The quantitative estimate of drug-likeness (QED) is 0.816. The van der Waals surface area contributed by atoms with E-state index in [2.05, 4.69) is 12.2 Å². The minimum atomic E-state index is -2.94. The van der Waals surface area contributed by atoms with Crippen LogP contribution in [0.1, 0.15) is 39.0 Å². The zero-order valence-electron chi connectivity index (χ0n) is 12.3. The summed E-state index contributed by atoms with van der Waals surface area (Å²) in [5.41, 5.74) is 0. The number of hydrogen-bond donors (Lipinski definition) is 1. The minimum Gasteiger partial charge on any atom is -0.338 e. The lowest BCUT2D eigenvalue weighted by Gasteiger charge is -2.33. The monoisotopic (exact) mass is 302 g/mol. The Balaban J connectivity index is 2.04. The summed E-state index contributed by atoms with van der Waals surface area (Å²) in [5, 5.41) is 3.27. The van der Waals surface area contributed by atoms with Gasteiger partial charge in [0.2, 0.25) is 5.91 Å². The zero-order chi connectivity index (χ0) is 14.6. The van der Waals surface area contributed by atoms with Crippen molar-refractivity contribution < 1.29 is 13.2 Å². The molecule has 0 radical (unpaired) electrons. The Hall–Kier alpha value is -0.620. The first kappa shape index (κ1) is 15.8. The SMILES string of the molecule is CCCCN(C(=O)[C@H]1CCCNC1)C1CCS(=O)(=O)C1. The van der Waals surface area contributed by atoms with Crippen molar-refractivity contribution in [2.24, 2.45) is 5.92 Å². The third kappa shape index (κ3) is 3.95. The van der Waals surface area contributed by atoms with E-state index in [1.807, 2.05) is 4.90 Å². The van der Waals surface area contributed by atoms with Crippen molar-refractivity contribution in [3.63, 3.8) is 0 Å².